The molecular formula is C20H33N5O2. The number of anilines is 1. The average molecular weight is 376 g/mol. The fraction of sp³-hybridized carbons (Fsp3) is 0.650. The number of nitrogens with two attached hydrogens (primary N) is 1. The van der Waals surface area contributed by atoms with Crippen molar-refractivity contribution in [1.82, 2.24) is 10.5 Å². The largest absolute Gasteiger partial charge is 0.370 e. The van der Waals surface area contributed by atoms with Crippen molar-refractivity contribution in [2.75, 3.05) is 11.9 Å². The Morgan fingerprint density at radius 1 is 1.11 bits per heavy atom. The highest BCUT2D eigenvalue weighted by Gasteiger charge is 2.14. The smallest absolute Gasteiger partial charge is 0.243 e. The van der Waals surface area contributed by atoms with Crippen molar-refractivity contribution in [3.8, 4) is 0 Å². The summed E-state index contributed by atoms with van der Waals surface area (Å²) >= 11 is 0. The summed E-state index contributed by atoms with van der Waals surface area (Å²) in [5, 5.41) is 3.02. The van der Waals surface area contributed by atoms with E-state index in [0.29, 0.717) is 18.9 Å². The SMILES string of the molecule is NC(=NCCCCCCC(=O)NOC1CCCCCC1)Nc1ccncc1. The molecule has 7 nitrogen and oxygen atoms in total. The molecule has 2 rings (SSSR count). The van der Waals surface area contributed by atoms with E-state index in [9.17, 15) is 4.79 Å². The molecule has 0 unspecified atom stereocenters. The zero-order valence-electron chi connectivity index (χ0n) is 16.2. The van der Waals surface area contributed by atoms with Crippen LogP contribution in [0.3, 0.4) is 0 Å². The van der Waals surface area contributed by atoms with Crippen LogP contribution in [0.15, 0.2) is 29.5 Å². The lowest BCUT2D eigenvalue weighted by Gasteiger charge is -2.15. The number of amides is 1. The third-order valence-electron chi connectivity index (χ3n) is 4.69. The predicted octanol–water partition coefficient (Wildman–Crippen LogP) is 3.53. The number of aliphatic imine (C=N–C) groups is 1. The second-order valence-corrected chi connectivity index (χ2v) is 7.05. The van der Waals surface area contributed by atoms with Crippen LogP contribution in [0.25, 0.3) is 0 Å². The summed E-state index contributed by atoms with van der Waals surface area (Å²) in [4.78, 5) is 25.6. The Hall–Kier alpha value is -2.15. The van der Waals surface area contributed by atoms with Gasteiger partial charge in [-0.2, -0.15) is 0 Å². The maximum absolute atomic E-state index is 11.8. The van der Waals surface area contributed by atoms with Crippen molar-refractivity contribution >= 4 is 17.6 Å². The number of carbonyl (C=O) groups excluding carboxylic acids is 1. The second kappa shape index (κ2) is 13.1. The molecule has 0 saturated heterocycles. The summed E-state index contributed by atoms with van der Waals surface area (Å²) in [6.45, 7) is 0.681. The van der Waals surface area contributed by atoms with Gasteiger partial charge in [0.1, 0.15) is 0 Å². The van der Waals surface area contributed by atoms with E-state index in [2.05, 4.69) is 20.8 Å². The number of aromatic nitrogens is 1. The summed E-state index contributed by atoms with van der Waals surface area (Å²) in [6, 6.07) is 3.68. The number of hydroxylamine groups is 1. The lowest BCUT2D eigenvalue weighted by atomic mass is 10.1. The fourth-order valence-corrected chi connectivity index (χ4v) is 3.13. The van der Waals surface area contributed by atoms with Gasteiger partial charge in [0, 0.05) is 31.0 Å². The number of unbranched alkanes of at least 4 members (excludes halogenated alkanes) is 3. The van der Waals surface area contributed by atoms with Gasteiger partial charge in [0.15, 0.2) is 5.96 Å². The lowest BCUT2D eigenvalue weighted by molar-refractivity contribution is -0.139. The Morgan fingerprint density at radius 2 is 1.81 bits per heavy atom. The molecule has 1 aromatic heterocycles. The summed E-state index contributed by atoms with van der Waals surface area (Å²) in [7, 11) is 0. The molecule has 4 N–H and O–H groups in total. The van der Waals surface area contributed by atoms with Crippen molar-refractivity contribution < 1.29 is 9.63 Å². The summed E-state index contributed by atoms with van der Waals surface area (Å²) in [6.07, 6.45) is 15.0. The zero-order chi connectivity index (χ0) is 19.2. The molecule has 1 aliphatic carbocycles. The van der Waals surface area contributed by atoms with Crippen molar-refractivity contribution in [2.24, 2.45) is 10.7 Å². The van der Waals surface area contributed by atoms with Crippen LogP contribution < -0.4 is 16.5 Å². The predicted molar refractivity (Wildman–Crippen MR) is 108 cm³/mol. The topological polar surface area (TPSA) is 102 Å². The average Bonchev–Trinajstić information content (AvgIpc) is 2.95. The first kappa shape index (κ1) is 21.2. The molecular weight excluding hydrogens is 342 g/mol. The quantitative estimate of drug-likeness (QED) is 0.191. The molecule has 0 radical (unpaired) electrons. The molecule has 1 fully saturated rings. The Balaban J connectivity index is 1.45. The highest BCUT2D eigenvalue weighted by Crippen LogP contribution is 2.19. The first-order valence-corrected chi connectivity index (χ1v) is 10.2. The zero-order valence-corrected chi connectivity index (χ0v) is 16.2. The van der Waals surface area contributed by atoms with E-state index >= 15 is 0 Å². The van der Waals surface area contributed by atoms with Gasteiger partial charge in [-0.3, -0.25) is 19.6 Å². The van der Waals surface area contributed by atoms with Crippen molar-refractivity contribution in [2.45, 2.75) is 76.7 Å². The van der Waals surface area contributed by atoms with E-state index in [1.807, 2.05) is 12.1 Å². The number of carbonyl (C=O) groups is 1. The van der Waals surface area contributed by atoms with E-state index in [0.717, 1.165) is 44.2 Å². The van der Waals surface area contributed by atoms with Crippen LogP contribution in [0.2, 0.25) is 0 Å². The molecule has 27 heavy (non-hydrogen) atoms. The van der Waals surface area contributed by atoms with Crippen LogP contribution in [-0.2, 0) is 9.63 Å². The molecule has 1 heterocycles. The number of hydrogen-bond acceptors (Lipinski definition) is 4. The third kappa shape index (κ3) is 9.94. The van der Waals surface area contributed by atoms with Crippen LogP contribution in [-0.4, -0.2) is 29.5 Å². The number of nitrogens with zero attached hydrogens (tertiary/aromatic N) is 2. The number of nitrogens with one attached hydrogen (secondary N) is 2. The Kier molecular flexibility index (Phi) is 10.3. The Labute approximate surface area is 162 Å². The monoisotopic (exact) mass is 375 g/mol. The van der Waals surface area contributed by atoms with E-state index in [-0.39, 0.29) is 12.0 Å². The molecule has 7 heteroatoms. The maximum Gasteiger partial charge on any atom is 0.243 e. The van der Waals surface area contributed by atoms with Crippen LogP contribution in [0.1, 0.15) is 70.6 Å². The minimum absolute atomic E-state index is 0.0111. The van der Waals surface area contributed by atoms with Gasteiger partial charge < -0.3 is 11.1 Å². The van der Waals surface area contributed by atoms with Gasteiger partial charge in [-0.15, -0.1) is 0 Å². The molecule has 0 aromatic carbocycles. The molecule has 0 aliphatic heterocycles. The van der Waals surface area contributed by atoms with Crippen molar-refractivity contribution in [1.29, 1.82) is 0 Å². The van der Waals surface area contributed by atoms with Gasteiger partial charge in [-0.25, -0.2) is 5.48 Å². The van der Waals surface area contributed by atoms with Gasteiger partial charge in [-0.05, 0) is 37.8 Å². The lowest BCUT2D eigenvalue weighted by Crippen LogP contribution is -2.29. The Morgan fingerprint density at radius 3 is 2.56 bits per heavy atom. The van der Waals surface area contributed by atoms with Crippen LogP contribution in [0.4, 0.5) is 5.69 Å². The molecule has 0 atom stereocenters. The number of hydrogen-bond donors (Lipinski definition) is 3. The van der Waals surface area contributed by atoms with E-state index in [4.69, 9.17) is 10.6 Å². The molecule has 0 bridgehead atoms. The third-order valence-corrected chi connectivity index (χ3v) is 4.69. The van der Waals surface area contributed by atoms with Gasteiger partial charge in [-0.1, -0.05) is 38.5 Å². The Bertz CT molecular complexity index is 557. The van der Waals surface area contributed by atoms with Crippen LogP contribution in [0.5, 0.6) is 0 Å². The summed E-state index contributed by atoms with van der Waals surface area (Å²) in [5.74, 6) is 0.402. The molecule has 1 saturated carbocycles. The molecule has 0 spiro atoms. The maximum atomic E-state index is 11.8. The highest BCUT2D eigenvalue weighted by atomic mass is 16.7. The highest BCUT2D eigenvalue weighted by molar-refractivity contribution is 5.92. The van der Waals surface area contributed by atoms with Crippen molar-refractivity contribution in [3.05, 3.63) is 24.5 Å². The minimum Gasteiger partial charge on any atom is -0.370 e. The first-order chi connectivity index (χ1) is 13.2. The van der Waals surface area contributed by atoms with E-state index in [1.165, 1.54) is 25.7 Å². The van der Waals surface area contributed by atoms with Crippen molar-refractivity contribution in [3.63, 3.8) is 0 Å². The van der Waals surface area contributed by atoms with Crippen LogP contribution >= 0.6 is 0 Å². The molecule has 1 aliphatic rings. The number of pyridine rings is 1. The van der Waals surface area contributed by atoms with Gasteiger partial charge >= 0.3 is 0 Å². The first-order valence-electron chi connectivity index (χ1n) is 10.2. The molecule has 1 aromatic rings. The number of guanidine groups is 1. The van der Waals surface area contributed by atoms with Gasteiger partial charge in [0.05, 0.1) is 6.10 Å². The fourth-order valence-electron chi connectivity index (χ4n) is 3.13. The standard InChI is InChI=1S/C20H33N5O2/c21-20(24-17-12-15-22-16-13-17)23-14-8-4-3-7-11-19(26)25-27-18-9-5-1-2-6-10-18/h12-13,15-16,18H,1-11,14H2,(H,25,26)(H3,21,22,23,24). The minimum atomic E-state index is -0.0111. The second-order valence-electron chi connectivity index (χ2n) is 7.05. The van der Waals surface area contributed by atoms with Gasteiger partial charge in [0.2, 0.25) is 5.91 Å². The molecule has 1 amide bonds. The van der Waals surface area contributed by atoms with E-state index < -0.39 is 0 Å². The summed E-state index contributed by atoms with van der Waals surface area (Å²) < 4.78 is 0. The normalized spacial score (nSPS) is 15.9. The summed E-state index contributed by atoms with van der Waals surface area (Å²) in [5.41, 5.74) is 9.35. The van der Waals surface area contributed by atoms with E-state index in [1.54, 1.807) is 12.4 Å². The van der Waals surface area contributed by atoms with Crippen LogP contribution in [0, 0.1) is 0 Å². The number of rotatable bonds is 10. The van der Waals surface area contributed by atoms with Gasteiger partial charge in [0.25, 0.3) is 0 Å². The molecule has 150 valence electrons.